The Morgan fingerprint density at radius 1 is 0.356 bits per heavy atom. The Balaban J connectivity index is 1.59. The Bertz CT molecular complexity index is 3080. The molecule has 0 fully saturated rings. The first-order chi connectivity index (χ1) is 27.3. The van der Waals surface area contributed by atoms with Crippen molar-refractivity contribution in [1.29, 1.82) is 0 Å². The van der Waals surface area contributed by atoms with Crippen molar-refractivity contribution in [1.82, 2.24) is 0 Å². The molecule has 210 valence electrons. The minimum Gasteiger partial charge on any atom is -0.456 e. The van der Waals surface area contributed by atoms with Crippen LogP contribution in [0.5, 0.6) is 0 Å². The van der Waals surface area contributed by atoms with Gasteiger partial charge in [-0.2, -0.15) is 0 Å². The smallest absolute Gasteiger partial charge is 0.136 e. The van der Waals surface area contributed by atoms with E-state index in [0.717, 1.165) is 5.39 Å². The van der Waals surface area contributed by atoms with Gasteiger partial charge in [0.05, 0.1) is 16.4 Å². The van der Waals surface area contributed by atoms with Gasteiger partial charge in [-0.25, -0.2) is 0 Å². The molecular formula is C44H28O. The molecule has 1 aromatic heterocycles. The van der Waals surface area contributed by atoms with E-state index in [1.807, 2.05) is 54.6 Å². The molecule has 0 amide bonds. The van der Waals surface area contributed by atoms with Gasteiger partial charge in [0.1, 0.15) is 11.2 Å². The third kappa shape index (κ3) is 4.09. The van der Waals surface area contributed by atoms with Crippen LogP contribution >= 0.6 is 0 Å². The standard InChI is InChI=1S/C44H28O/c1-3-13-29(14-4-1)30-23-25-32(26-24-30)41-33-17-7-9-19-35(33)43(36-20-10-8-18-34(36)41)38-27-28-40-44(37-21-11-12-22-39(37)45-40)42(38)31-15-5-2-6-16-31/h1-28H/i7D,8D,9D,10D,17D,18D,19D,20D,23D,24D,25D,26D. The lowest BCUT2D eigenvalue weighted by atomic mass is 9.82. The van der Waals surface area contributed by atoms with Crippen LogP contribution in [0.3, 0.4) is 0 Å². The highest BCUT2D eigenvalue weighted by Crippen LogP contribution is 2.49. The highest BCUT2D eigenvalue weighted by Gasteiger charge is 2.22. The molecule has 0 radical (unpaired) electrons. The second kappa shape index (κ2) is 10.4. The van der Waals surface area contributed by atoms with Gasteiger partial charge in [0.15, 0.2) is 0 Å². The zero-order chi connectivity index (χ0) is 40.2. The van der Waals surface area contributed by atoms with E-state index in [1.54, 1.807) is 42.5 Å². The largest absolute Gasteiger partial charge is 0.456 e. The van der Waals surface area contributed by atoms with Crippen LogP contribution in [0.25, 0.3) is 88.0 Å². The summed E-state index contributed by atoms with van der Waals surface area (Å²) in [5.74, 6) is 0. The average Bonchev–Trinajstić information content (AvgIpc) is 3.61. The third-order valence-corrected chi connectivity index (χ3v) is 8.19. The number of hydrogen-bond donors (Lipinski definition) is 0. The third-order valence-electron chi connectivity index (χ3n) is 8.19. The van der Waals surface area contributed by atoms with E-state index in [-0.39, 0.29) is 43.8 Å². The summed E-state index contributed by atoms with van der Waals surface area (Å²) in [5.41, 5.74) is 2.70. The number of fused-ring (bicyclic) bond motifs is 5. The van der Waals surface area contributed by atoms with Crippen molar-refractivity contribution in [3.8, 4) is 44.5 Å². The molecule has 9 aromatic rings. The summed E-state index contributed by atoms with van der Waals surface area (Å²) < 4.78 is 117. The van der Waals surface area contributed by atoms with Gasteiger partial charge in [0.2, 0.25) is 0 Å². The molecule has 0 aliphatic rings. The monoisotopic (exact) mass is 584 g/mol. The van der Waals surface area contributed by atoms with E-state index in [4.69, 9.17) is 12.6 Å². The summed E-state index contributed by atoms with van der Waals surface area (Å²) in [6.45, 7) is 0. The van der Waals surface area contributed by atoms with Crippen LogP contribution in [-0.2, 0) is 0 Å². The normalized spacial score (nSPS) is 15.3. The molecule has 0 aliphatic carbocycles. The van der Waals surface area contributed by atoms with Crippen LogP contribution < -0.4 is 0 Å². The average molecular weight is 585 g/mol. The van der Waals surface area contributed by atoms with E-state index in [1.165, 1.54) is 0 Å². The van der Waals surface area contributed by atoms with E-state index < -0.39 is 72.5 Å². The molecule has 0 saturated carbocycles. The summed E-state index contributed by atoms with van der Waals surface area (Å²) in [7, 11) is 0. The van der Waals surface area contributed by atoms with Crippen LogP contribution in [0.2, 0.25) is 0 Å². The van der Waals surface area contributed by atoms with Gasteiger partial charge >= 0.3 is 0 Å². The van der Waals surface area contributed by atoms with Gasteiger partial charge in [-0.05, 0) is 78.7 Å². The van der Waals surface area contributed by atoms with Crippen molar-refractivity contribution in [3.05, 3.63) is 170 Å². The maximum Gasteiger partial charge on any atom is 0.136 e. The van der Waals surface area contributed by atoms with Crippen molar-refractivity contribution in [3.63, 3.8) is 0 Å². The van der Waals surface area contributed by atoms with Gasteiger partial charge in [0, 0.05) is 16.3 Å². The molecule has 0 aliphatic heterocycles. The fraction of sp³-hybridized carbons (Fsp3) is 0. The van der Waals surface area contributed by atoms with Crippen LogP contribution in [0, 0.1) is 0 Å². The molecule has 0 unspecified atom stereocenters. The van der Waals surface area contributed by atoms with Gasteiger partial charge < -0.3 is 4.42 Å². The van der Waals surface area contributed by atoms with Crippen molar-refractivity contribution in [2.45, 2.75) is 0 Å². The molecule has 0 saturated heterocycles. The number of benzene rings is 8. The molecule has 0 spiro atoms. The highest BCUT2D eigenvalue weighted by atomic mass is 16.3. The predicted octanol–water partition coefficient (Wildman–Crippen LogP) is 12.6. The predicted molar refractivity (Wildman–Crippen MR) is 190 cm³/mol. The molecule has 45 heavy (non-hydrogen) atoms. The lowest BCUT2D eigenvalue weighted by molar-refractivity contribution is 0.669. The van der Waals surface area contributed by atoms with E-state index in [9.17, 15) is 8.22 Å². The van der Waals surface area contributed by atoms with Crippen LogP contribution in [-0.4, -0.2) is 0 Å². The number of rotatable bonds is 4. The second-order valence-electron chi connectivity index (χ2n) is 10.7. The molecule has 0 atom stereocenters. The molecule has 8 aromatic carbocycles. The number of hydrogen-bond acceptors (Lipinski definition) is 1. The van der Waals surface area contributed by atoms with Gasteiger partial charge in [-0.15, -0.1) is 0 Å². The van der Waals surface area contributed by atoms with Gasteiger partial charge in [-0.1, -0.05) is 151 Å². The number of para-hydroxylation sites is 1. The van der Waals surface area contributed by atoms with E-state index in [0.29, 0.717) is 38.8 Å². The molecule has 1 heterocycles. The highest BCUT2D eigenvalue weighted by molar-refractivity contribution is 6.25. The second-order valence-corrected chi connectivity index (χ2v) is 10.7. The molecule has 1 heteroatoms. The first-order valence-corrected chi connectivity index (χ1v) is 14.5. The summed E-state index contributed by atoms with van der Waals surface area (Å²) in [6.07, 6.45) is 0. The van der Waals surface area contributed by atoms with Crippen molar-refractivity contribution < 1.29 is 20.9 Å². The molecule has 0 N–H and O–H groups in total. The zero-order valence-corrected chi connectivity index (χ0v) is 23.6. The first-order valence-electron chi connectivity index (χ1n) is 20.5. The Kier molecular flexibility index (Phi) is 3.74. The Hall–Kier alpha value is -5.92. The van der Waals surface area contributed by atoms with Crippen molar-refractivity contribution in [2.75, 3.05) is 0 Å². The fourth-order valence-corrected chi connectivity index (χ4v) is 6.26. The number of furan rings is 1. The quantitative estimate of drug-likeness (QED) is 0.188. The minimum atomic E-state index is -0.643. The summed E-state index contributed by atoms with van der Waals surface area (Å²) in [4.78, 5) is 0. The fourth-order valence-electron chi connectivity index (χ4n) is 6.26. The van der Waals surface area contributed by atoms with Gasteiger partial charge in [-0.3, -0.25) is 0 Å². The van der Waals surface area contributed by atoms with Crippen LogP contribution in [0.4, 0.5) is 0 Å². The minimum absolute atomic E-state index is 0.0107. The zero-order valence-electron chi connectivity index (χ0n) is 35.6. The van der Waals surface area contributed by atoms with Crippen molar-refractivity contribution in [2.24, 2.45) is 0 Å². The summed E-state index contributed by atoms with van der Waals surface area (Å²) in [6, 6.07) is 22.1. The van der Waals surface area contributed by atoms with E-state index in [2.05, 4.69) is 0 Å². The molecular weight excluding hydrogens is 544 g/mol. The maximum absolute atomic E-state index is 9.48. The van der Waals surface area contributed by atoms with Gasteiger partial charge in [0.25, 0.3) is 0 Å². The topological polar surface area (TPSA) is 13.1 Å². The lowest BCUT2D eigenvalue weighted by Gasteiger charge is -2.20. The Morgan fingerprint density at radius 3 is 1.53 bits per heavy atom. The maximum atomic E-state index is 9.48. The SMILES string of the molecule is [2H]c1c([2H])c(-c2c3c([2H])c([2H])c([2H])c([2H])c3c(-c3ccc4oc5ccccc5c4c3-c3ccccc3)c3c([2H])c([2H])c([2H])c([2H])c23)c([2H])c([2H])c1-c1ccccc1. The Labute approximate surface area is 278 Å². The summed E-state index contributed by atoms with van der Waals surface area (Å²) >= 11 is 0. The molecule has 1 nitrogen and oxygen atoms in total. The van der Waals surface area contributed by atoms with Crippen LogP contribution in [0.15, 0.2) is 174 Å². The molecule has 9 rings (SSSR count). The first kappa shape index (κ1) is 16.2. The summed E-state index contributed by atoms with van der Waals surface area (Å²) in [5, 5.41) is 0.793. The van der Waals surface area contributed by atoms with E-state index >= 15 is 0 Å². The molecule has 0 bridgehead atoms. The Morgan fingerprint density at radius 2 is 0.889 bits per heavy atom. The lowest BCUT2D eigenvalue weighted by Crippen LogP contribution is -1.93. The van der Waals surface area contributed by atoms with Crippen molar-refractivity contribution >= 4 is 43.5 Å². The van der Waals surface area contributed by atoms with Crippen LogP contribution in [0.1, 0.15) is 16.4 Å².